The highest BCUT2D eigenvalue weighted by atomic mass is 32.3. The second kappa shape index (κ2) is 9.33. The van der Waals surface area contributed by atoms with E-state index in [2.05, 4.69) is 14.9 Å². The third-order valence-corrected chi connectivity index (χ3v) is 10.0. The molecule has 194 valence electrons. The van der Waals surface area contributed by atoms with Crippen molar-refractivity contribution in [3.05, 3.63) is 35.1 Å². The Balaban J connectivity index is 1.28. The molecular formula is C24H30N4O7S. The number of carbonyl (C=O) groups is 2. The molecule has 0 aromatic carbocycles. The second-order valence-corrected chi connectivity index (χ2v) is 11.9. The smallest absolute Gasteiger partial charge is 0.361 e. The molecular weight excluding hydrogens is 488 g/mol. The fraction of sp³-hybridized carbons (Fsp3) is 0.583. The summed E-state index contributed by atoms with van der Waals surface area (Å²) in [4.78, 5) is 39.4. The molecule has 5 aliphatic rings. The third-order valence-electron chi connectivity index (χ3n) is 7.58. The molecule has 2 atom stereocenters. The van der Waals surface area contributed by atoms with Gasteiger partial charge in [-0.2, -0.15) is 4.99 Å². The topological polar surface area (TPSA) is 134 Å². The molecule has 3 fully saturated rings. The maximum Gasteiger partial charge on any atom is 0.361 e. The zero-order chi connectivity index (χ0) is 24.9. The normalized spacial score (nSPS) is 33.7. The van der Waals surface area contributed by atoms with E-state index in [4.69, 9.17) is 13.1 Å². The Morgan fingerprint density at radius 1 is 1.03 bits per heavy atom. The monoisotopic (exact) mass is 518 g/mol. The Kier molecular flexibility index (Phi) is 6.14. The minimum Gasteiger partial charge on any atom is -0.461 e. The van der Waals surface area contributed by atoms with Crippen molar-refractivity contribution < 1.29 is 32.9 Å². The van der Waals surface area contributed by atoms with E-state index >= 15 is 0 Å². The maximum atomic E-state index is 12.7. The van der Waals surface area contributed by atoms with Gasteiger partial charge >= 0.3 is 17.2 Å². The fourth-order valence-electron chi connectivity index (χ4n) is 5.24. The van der Waals surface area contributed by atoms with E-state index in [1.54, 1.807) is 12.4 Å². The van der Waals surface area contributed by atoms with Crippen LogP contribution in [0.3, 0.4) is 0 Å². The number of nitrogens with zero attached hydrogens (tertiary/aromatic N) is 4. The van der Waals surface area contributed by atoms with Crippen molar-refractivity contribution in [3.63, 3.8) is 0 Å². The lowest BCUT2D eigenvalue weighted by atomic mass is 9.90. The Morgan fingerprint density at radius 2 is 1.75 bits per heavy atom. The van der Waals surface area contributed by atoms with Gasteiger partial charge in [0.25, 0.3) is 0 Å². The molecule has 1 saturated carbocycles. The van der Waals surface area contributed by atoms with E-state index in [0.29, 0.717) is 29.6 Å². The minimum atomic E-state index is -3.26. The number of aliphatic hydroxyl groups is 2. The number of pyridine rings is 1. The first kappa shape index (κ1) is 23.7. The highest BCUT2D eigenvalue weighted by Gasteiger charge is 2.54. The summed E-state index contributed by atoms with van der Waals surface area (Å²) in [5, 5.41) is 20.4. The molecule has 36 heavy (non-hydrogen) atoms. The highest BCUT2D eigenvalue weighted by molar-refractivity contribution is 8.41. The number of hydrogen-bond acceptors (Lipinski definition) is 11. The van der Waals surface area contributed by atoms with E-state index in [-0.39, 0.29) is 17.9 Å². The molecule has 0 radical (unpaired) electrons. The van der Waals surface area contributed by atoms with Gasteiger partial charge < -0.3 is 33.1 Å². The summed E-state index contributed by atoms with van der Waals surface area (Å²) >= 11 is 0. The van der Waals surface area contributed by atoms with Gasteiger partial charge in [-0.25, -0.2) is 9.59 Å². The summed E-state index contributed by atoms with van der Waals surface area (Å²) in [7, 11) is -3.26. The van der Waals surface area contributed by atoms with E-state index in [1.165, 1.54) is 19.3 Å². The van der Waals surface area contributed by atoms with Crippen LogP contribution in [0, 0.1) is 0 Å². The summed E-state index contributed by atoms with van der Waals surface area (Å²) in [5.74, 6) is -2.27. The molecule has 0 bridgehead atoms. The number of carbonyl (C=O) groups excluding carboxylic acids is 2. The van der Waals surface area contributed by atoms with Crippen molar-refractivity contribution in [2.75, 3.05) is 31.1 Å². The highest BCUT2D eigenvalue weighted by Crippen LogP contribution is 2.66. The van der Waals surface area contributed by atoms with Crippen LogP contribution in [0.5, 0.6) is 0 Å². The van der Waals surface area contributed by atoms with E-state index < -0.39 is 34.7 Å². The lowest BCUT2D eigenvalue weighted by Crippen LogP contribution is -2.46. The van der Waals surface area contributed by atoms with Crippen molar-refractivity contribution in [1.82, 2.24) is 9.88 Å². The van der Waals surface area contributed by atoms with Gasteiger partial charge in [-0.05, 0) is 48.4 Å². The quantitative estimate of drug-likeness (QED) is 0.604. The summed E-state index contributed by atoms with van der Waals surface area (Å²) in [6.07, 6.45) is 5.01. The molecule has 2 N–H and O–H groups in total. The number of hydrogen-bond donors (Lipinski definition) is 2. The van der Waals surface area contributed by atoms with Crippen molar-refractivity contribution in [3.8, 4) is 0 Å². The average molecular weight is 519 g/mol. The summed E-state index contributed by atoms with van der Waals surface area (Å²) in [5.41, 5.74) is 1.52. The zero-order valence-corrected chi connectivity index (χ0v) is 20.6. The number of aliphatic imine (C=N–C) groups is 1. The van der Waals surface area contributed by atoms with Gasteiger partial charge in [0.2, 0.25) is 0 Å². The van der Waals surface area contributed by atoms with Crippen molar-refractivity contribution in [2.24, 2.45) is 4.99 Å². The SMILES string of the molecule is O=C1OS2(OC(=O)C(O)C1O)C(OC1CCN(C3CCC3)CC1)=NC1=C2CN(c2cccnc2)CC1. The first-order chi connectivity index (χ1) is 17.4. The first-order valence-electron chi connectivity index (χ1n) is 12.5. The number of fused-ring (bicyclic) bond motifs is 1. The lowest BCUT2D eigenvalue weighted by Gasteiger charge is -2.44. The molecule has 1 aromatic rings. The summed E-state index contributed by atoms with van der Waals surface area (Å²) in [6, 6.07) is 4.41. The van der Waals surface area contributed by atoms with Gasteiger partial charge in [0, 0.05) is 38.3 Å². The number of likely N-dealkylation sites (tertiary alicyclic amines) is 1. The molecule has 0 amide bonds. The van der Waals surface area contributed by atoms with Crippen LogP contribution < -0.4 is 4.90 Å². The van der Waals surface area contributed by atoms with Crippen LogP contribution in [0.15, 0.2) is 40.1 Å². The molecule has 1 aromatic heterocycles. The van der Waals surface area contributed by atoms with Gasteiger partial charge in [0.05, 0.1) is 24.1 Å². The number of aliphatic hydroxyl groups excluding tert-OH is 2. The summed E-state index contributed by atoms with van der Waals surface area (Å²) < 4.78 is 17.8. The second-order valence-electron chi connectivity index (χ2n) is 9.77. The van der Waals surface area contributed by atoms with Crippen LogP contribution in [-0.2, 0) is 22.7 Å². The number of ether oxygens (including phenoxy) is 1. The number of aromatic nitrogens is 1. The largest absolute Gasteiger partial charge is 0.461 e. The van der Waals surface area contributed by atoms with Crippen LogP contribution in [0.2, 0.25) is 0 Å². The number of rotatable bonds is 3. The van der Waals surface area contributed by atoms with Crippen LogP contribution in [-0.4, -0.2) is 87.8 Å². The van der Waals surface area contributed by atoms with Crippen LogP contribution in [0.1, 0.15) is 38.5 Å². The van der Waals surface area contributed by atoms with Gasteiger partial charge in [0.15, 0.2) is 12.2 Å². The maximum absolute atomic E-state index is 12.7. The zero-order valence-electron chi connectivity index (χ0n) is 19.8. The molecule has 1 spiro atoms. The predicted octanol–water partition coefficient (Wildman–Crippen LogP) is 1.36. The van der Waals surface area contributed by atoms with Crippen molar-refractivity contribution in [2.45, 2.75) is 62.9 Å². The molecule has 6 rings (SSSR count). The molecule has 5 heterocycles. The Hall–Kier alpha value is -2.67. The van der Waals surface area contributed by atoms with Gasteiger partial charge in [-0.15, -0.1) is 0 Å². The van der Waals surface area contributed by atoms with E-state index in [9.17, 15) is 19.8 Å². The first-order valence-corrected chi connectivity index (χ1v) is 14.0. The Morgan fingerprint density at radius 3 is 2.36 bits per heavy atom. The van der Waals surface area contributed by atoms with E-state index in [0.717, 1.165) is 31.6 Å². The molecule has 12 heteroatoms. The average Bonchev–Trinajstić information content (AvgIpc) is 3.10. The number of anilines is 1. The Labute approximate surface area is 210 Å². The van der Waals surface area contributed by atoms with Crippen LogP contribution in [0.4, 0.5) is 5.69 Å². The van der Waals surface area contributed by atoms with Gasteiger partial charge in [-0.1, -0.05) is 6.42 Å². The van der Waals surface area contributed by atoms with Crippen LogP contribution >= 0.6 is 10.6 Å². The van der Waals surface area contributed by atoms with Gasteiger partial charge in [0.1, 0.15) is 11.0 Å². The third kappa shape index (κ3) is 4.05. The molecule has 4 aliphatic heterocycles. The molecule has 11 nitrogen and oxygen atoms in total. The fourth-order valence-corrected chi connectivity index (χ4v) is 7.76. The minimum absolute atomic E-state index is 0.0608. The molecule has 2 saturated heterocycles. The summed E-state index contributed by atoms with van der Waals surface area (Å²) in [6.45, 7) is 2.73. The van der Waals surface area contributed by atoms with E-state index in [1.807, 2.05) is 17.0 Å². The molecule has 1 aliphatic carbocycles. The molecule has 2 unspecified atom stereocenters. The van der Waals surface area contributed by atoms with Crippen molar-refractivity contribution in [1.29, 1.82) is 0 Å². The standard InChI is InChI=1S/C24H30N4O7S/c29-20-21(30)23(32)35-36(34-22(20)31)19-14-28(16-5-2-9-25-13-16)12-8-18(19)26-24(36)33-17-6-10-27(11-7-17)15-3-1-4-15/h2,5,9,13,15,17,20-21,29-30H,1,3-4,6-8,10-12,14H2. The predicted molar refractivity (Wildman–Crippen MR) is 131 cm³/mol. The lowest BCUT2D eigenvalue weighted by molar-refractivity contribution is -0.156. The van der Waals surface area contributed by atoms with Crippen LogP contribution in [0.25, 0.3) is 0 Å². The number of piperidine rings is 1. The Bertz CT molecular complexity index is 1080. The van der Waals surface area contributed by atoms with Crippen molar-refractivity contribution >= 4 is 33.4 Å². The van der Waals surface area contributed by atoms with Gasteiger partial charge in [-0.3, -0.25) is 4.98 Å².